The molecule has 0 radical (unpaired) electrons. The van der Waals surface area contributed by atoms with E-state index in [0.29, 0.717) is 11.1 Å². The molecule has 0 saturated heterocycles. The van der Waals surface area contributed by atoms with Crippen molar-refractivity contribution in [1.82, 2.24) is 5.32 Å². The zero-order chi connectivity index (χ0) is 15.2. The molecule has 0 aliphatic heterocycles. The van der Waals surface area contributed by atoms with Crippen LogP contribution < -0.4 is 5.32 Å². The Morgan fingerprint density at radius 1 is 1.05 bits per heavy atom. The number of rotatable bonds is 5. The summed E-state index contributed by atoms with van der Waals surface area (Å²) in [4.78, 5) is 23.5. The topological polar surface area (TPSA) is 66.4 Å². The van der Waals surface area contributed by atoms with E-state index in [2.05, 4.69) is 5.32 Å². The SMILES string of the molecule is CCc1ccc(C(=O)NC(C(=O)O)c2ccccc2)cc1. The summed E-state index contributed by atoms with van der Waals surface area (Å²) in [5, 5.41) is 11.8. The van der Waals surface area contributed by atoms with Crippen LogP contribution in [0, 0.1) is 0 Å². The van der Waals surface area contributed by atoms with Gasteiger partial charge in [0.2, 0.25) is 0 Å². The van der Waals surface area contributed by atoms with E-state index in [0.717, 1.165) is 12.0 Å². The molecular formula is C17H17NO3. The lowest BCUT2D eigenvalue weighted by Gasteiger charge is -2.15. The molecule has 108 valence electrons. The van der Waals surface area contributed by atoms with E-state index < -0.39 is 17.9 Å². The molecule has 0 aliphatic carbocycles. The highest BCUT2D eigenvalue weighted by Gasteiger charge is 2.22. The van der Waals surface area contributed by atoms with Crippen LogP contribution in [0.3, 0.4) is 0 Å². The summed E-state index contributed by atoms with van der Waals surface area (Å²) in [5.74, 6) is -1.48. The van der Waals surface area contributed by atoms with E-state index in [1.807, 2.05) is 19.1 Å². The molecule has 0 fully saturated rings. The normalized spacial score (nSPS) is 11.7. The highest BCUT2D eigenvalue weighted by atomic mass is 16.4. The molecule has 0 bridgehead atoms. The Morgan fingerprint density at radius 2 is 1.67 bits per heavy atom. The third-order valence-electron chi connectivity index (χ3n) is 3.28. The van der Waals surface area contributed by atoms with Gasteiger partial charge in [-0.05, 0) is 29.7 Å². The monoisotopic (exact) mass is 283 g/mol. The Morgan fingerprint density at radius 3 is 2.19 bits per heavy atom. The lowest BCUT2D eigenvalue weighted by Crippen LogP contribution is -2.33. The van der Waals surface area contributed by atoms with Crippen LogP contribution in [-0.4, -0.2) is 17.0 Å². The fourth-order valence-corrected chi connectivity index (χ4v) is 2.04. The zero-order valence-corrected chi connectivity index (χ0v) is 11.7. The molecule has 2 rings (SSSR count). The summed E-state index contributed by atoms with van der Waals surface area (Å²) >= 11 is 0. The van der Waals surface area contributed by atoms with E-state index in [1.165, 1.54) is 0 Å². The molecule has 0 aromatic heterocycles. The van der Waals surface area contributed by atoms with Gasteiger partial charge in [0.05, 0.1) is 0 Å². The molecule has 21 heavy (non-hydrogen) atoms. The molecule has 1 unspecified atom stereocenters. The van der Waals surface area contributed by atoms with Crippen LogP contribution >= 0.6 is 0 Å². The van der Waals surface area contributed by atoms with E-state index >= 15 is 0 Å². The first-order valence-corrected chi connectivity index (χ1v) is 6.79. The maximum absolute atomic E-state index is 12.2. The van der Waals surface area contributed by atoms with Crippen molar-refractivity contribution in [3.63, 3.8) is 0 Å². The summed E-state index contributed by atoms with van der Waals surface area (Å²) in [6, 6.07) is 14.7. The van der Waals surface area contributed by atoms with Gasteiger partial charge in [-0.3, -0.25) is 4.79 Å². The summed E-state index contributed by atoms with van der Waals surface area (Å²) < 4.78 is 0. The van der Waals surface area contributed by atoms with Gasteiger partial charge in [0.15, 0.2) is 6.04 Å². The second-order valence-corrected chi connectivity index (χ2v) is 4.71. The Kier molecular flexibility index (Phi) is 4.72. The first-order valence-electron chi connectivity index (χ1n) is 6.79. The van der Waals surface area contributed by atoms with Crippen LogP contribution in [0.5, 0.6) is 0 Å². The van der Waals surface area contributed by atoms with Crippen molar-refractivity contribution in [1.29, 1.82) is 0 Å². The van der Waals surface area contributed by atoms with Gasteiger partial charge in [-0.2, -0.15) is 0 Å². The third-order valence-corrected chi connectivity index (χ3v) is 3.28. The Hall–Kier alpha value is -2.62. The van der Waals surface area contributed by atoms with Gasteiger partial charge in [-0.15, -0.1) is 0 Å². The number of aryl methyl sites for hydroxylation is 1. The van der Waals surface area contributed by atoms with Crippen molar-refractivity contribution in [2.75, 3.05) is 0 Å². The number of carbonyl (C=O) groups excluding carboxylic acids is 1. The predicted octanol–water partition coefficient (Wildman–Crippen LogP) is 2.80. The summed E-state index contributed by atoms with van der Waals surface area (Å²) in [7, 11) is 0. The minimum absolute atomic E-state index is 0.395. The number of hydrogen-bond donors (Lipinski definition) is 2. The fraction of sp³-hybridized carbons (Fsp3) is 0.176. The standard InChI is InChI=1S/C17H17NO3/c1-2-12-8-10-14(11-9-12)16(19)18-15(17(20)21)13-6-4-3-5-7-13/h3-11,15H,2H2,1H3,(H,18,19)(H,20,21). The molecular weight excluding hydrogens is 266 g/mol. The quantitative estimate of drug-likeness (QED) is 0.886. The highest BCUT2D eigenvalue weighted by Crippen LogP contribution is 2.14. The van der Waals surface area contributed by atoms with Gasteiger partial charge in [0.1, 0.15) is 0 Å². The molecule has 0 heterocycles. The number of hydrogen-bond acceptors (Lipinski definition) is 2. The molecule has 4 nitrogen and oxygen atoms in total. The molecule has 0 saturated carbocycles. The van der Waals surface area contributed by atoms with Crippen LogP contribution in [0.1, 0.15) is 34.5 Å². The minimum atomic E-state index is -1.08. The molecule has 2 N–H and O–H groups in total. The van der Waals surface area contributed by atoms with E-state index in [1.54, 1.807) is 42.5 Å². The molecule has 2 aromatic carbocycles. The number of carboxylic acids is 1. The van der Waals surface area contributed by atoms with Gasteiger partial charge in [0, 0.05) is 5.56 Å². The fourth-order valence-electron chi connectivity index (χ4n) is 2.04. The van der Waals surface area contributed by atoms with Crippen LogP contribution in [0.15, 0.2) is 54.6 Å². The van der Waals surface area contributed by atoms with Crippen molar-refractivity contribution >= 4 is 11.9 Å². The second kappa shape index (κ2) is 6.70. The molecule has 1 amide bonds. The van der Waals surface area contributed by atoms with Gasteiger partial charge in [-0.1, -0.05) is 49.4 Å². The maximum atomic E-state index is 12.2. The van der Waals surface area contributed by atoms with Gasteiger partial charge >= 0.3 is 5.97 Å². The largest absolute Gasteiger partial charge is 0.479 e. The Labute approximate surface area is 123 Å². The number of amides is 1. The third kappa shape index (κ3) is 3.69. The second-order valence-electron chi connectivity index (χ2n) is 4.71. The van der Waals surface area contributed by atoms with E-state index in [4.69, 9.17) is 0 Å². The number of nitrogens with one attached hydrogen (secondary N) is 1. The maximum Gasteiger partial charge on any atom is 0.330 e. The molecule has 2 aromatic rings. The number of aliphatic carboxylic acids is 1. The highest BCUT2D eigenvalue weighted by molar-refractivity contribution is 5.96. The minimum Gasteiger partial charge on any atom is -0.479 e. The molecule has 0 spiro atoms. The van der Waals surface area contributed by atoms with Crippen molar-refractivity contribution in [3.8, 4) is 0 Å². The van der Waals surface area contributed by atoms with Crippen LogP contribution in [-0.2, 0) is 11.2 Å². The smallest absolute Gasteiger partial charge is 0.330 e. The van der Waals surface area contributed by atoms with Crippen molar-refractivity contribution in [3.05, 3.63) is 71.3 Å². The molecule has 4 heteroatoms. The van der Waals surface area contributed by atoms with Gasteiger partial charge in [0.25, 0.3) is 5.91 Å². The molecule has 1 atom stereocenters. The van der Waals surface area contributed by atoms with Crippen molar-refractivity contribution in [2.45, 2.75) is 19.4 Å². The number of carbonyl (C=O) groups is 2. The van der Waals surface area contributed by atoms with Gasteiger partial charge < -0.3 is 10.4 Å². The van der Waals surface area contributed by atoms with Crippen LogP contribution in [0.25, 0.3) is 0 Å². The Balaban J connectivity index is 2.16. The van der Waals surface area contributed by atoms with E-state index in [9.17, 15) is 14.7 Å². The molecule has 0 aliphatic rings. The average molecular weight is 283 g/mol. The summed E-state index contributed by atoms with van der Waals surface area (Å²) in [6.07, 6.45) is 0.893. The predicted molar refractivity (Wildman–Crippen MR) is 80.1 cm³/mol. The first kappa shape index (κ1) is 14.8. The Bertz CT molecular complexity index is 620. The number of benzene rings is 2. The lowest BCUT2D eigenvalue weighted by atomic mass is 10.1. The average Bonchev–Trinajstić information content (AvgIpc) is 2.53. The zero-order valence-electron chi connectivity index (χ0n) is 11.7. The van der Waals surface area contributed by atoms with Crippen LogP contribution in [0.4, 0.5) is 0 Å². The summed E-state index contributed by atoms with van der Waals surface area (Å²) in [6.45, 7) is 2.03. The van der Waals surface area contributed by atoms with E-state index in [-0.39, 0.29) is 0 Å². The first-order chi connectivity index (χ1) is 10.1. The summed E-state index contributed by atoms with van der Waals surface area (Å²) in [5.41, 5.74) is 2.13. The van der Waals surface area contributed by atoms with Crippen LogP contribution in [0.2, 0.25) is 0 Å². The number of carboxylic acid groups (broad SMARTS) is 1. The van der Waals surface area contributed by atoms with Crippen molar-refractivity contribution < 1.29 is 14.7 Å². The van der Waals surface area contributed by atoms with Crippen molar-refractivity contribution in [2.24, 2.45) is 0 Å². The lowest BCUT2D eigenvalue weighted by molar-refractivity contribution is -0.139. The van der Waals surface area contributed by atoms with Gasteiger partial charge in [-0.25, -0.2) is 4.79 Å².